The Balaban J connectivity index is 2.84. The van der Waals surface area contributed by atoms with E-state index in [0.717, 1.165) is 0 Å². The van der Waals surface area contributed by atoms with Crippen molar-refractivity contribution in [2.75, 3.05) is 12.0 Å². The molecule has 0 saturated heterocycles. The third-order valence-corrected chi connectivity index (χ3v) is 3.21. The quantitative estimate of drug-likeness (QED) is 0.768. The molecule has 1 atom stereocenters. The van der Waals surface area contributed by atoms with Crippen molar-refractivity contribution in [1.29, 1.82) is 0 Å². The maximum Gasteiger partial charge on any atom is 0.387 e. The topological polar surface area (TPSA) is 75.6 Å². The predicted molar refractivity (Wildman–Crippen MR) is 75.0 cm³/mol. The second-order valence-corrected chi connectivity index (χ2v) is 5.01. The van der Waals surface area contributed by atoms with Crippen LogP contribution in [0.5, 0.6) is 5.75 Å². The van der Waals surface area contributed by atoms with Gasteiger partial charge in [-0.05, 0) is 30.6 Å². The van der Waals surface area contributed by atoms with E-state index in [9.17, 15) is 18.4 Å². The Labute approximate surface area is 124 Å². The molecule has 0 aliphatic carbocycles. The molecule has 0 aromatic heterocycles. The molecule has 1 amide bonds. The van der Waals surface area contributed by atoms with Crippen LogP contribution in [0.15, 0.2) is 24.3 Å². The Bertz CT molecular complexity index is 499. The van der Waals surface area contributed by atoms with E-state index in [0.29, 0.717) is 5.75 Å². The zero-order valence-electron chi connectivity index (χ0n) is 11.2. The Morgan fingerprint density at radius 2 is 2.05 bits per heavy atom. The molecule has 0 spiro atoms. The summed E-state index contributed by atoms with van der Waals surface area (Å²) in [6.07, 6.45) is 2.05. The monoisotopic (exact) mass is 319 g/mol. The van der Waals surface area contributed by atoms with Gasteiger partial charge in [-0.1, -0.05) is 12.1 Å². The van der Waals surface area contributed by atoms with Gasteiger partial charge in [0.15, 0.2) is 0 Å². The zero-order chi connectivity index (χ0) is 15.8. The van der Waals surface area contributed by atoms with E-state index in [2.05, 4.69) is 10.1 Å². The second kappa shape index (κ2) is 8.46. The van der Waals surface area contributed by atoms with Crippen LogP contribution < -0.4 is 10.1 Å². The molecule has 0 saturated carbocycles. The summed E-state index contributed by atoms with van der Waals surface area (Å²) in [7, 11) is 0. The smallest absolute Gasteiger partial charge is 0.387 e. The number of carbonyl (C=O) groups excluding carboxylic acids is 1. The van der Waals surface area contributed by atoms with Gasteiger partial charge in [0.2, 0.25) is 0 Å². The van der Waals surface area contributed by atoms with Crippen molar-refractivity contribution < 1.29 is 28.2 Å². The highest BCUT2D eigenvalue weighted by molar-refractivity contribution is 7.98. The minimum absolute atomic E-state index is 0.131. The molecule has 1 rings (SSSR count). The third kappa shape index (κ3) is 5.58. The number of nitrogens with one attached hydrogen (secondary N) is 1. The van der Waals surface area contributed by atoms with E-state index < -0.39 is 24.5 Å². The van der Waals surface area contributed by atoms with E-state index >= 15 is 0 Å². The van der Waals surface area contributed by atoms with E-state index in [1.165, 1.54) is 36.0 Å². The molecule has 116 valence electrons. The van der Waals surface area contributed by atoms with Crippen molar-refractivity contribution >= 4 is 23.6 Å². The van der Waals surface area contributed by atoms with Gasteiger partial charge in [0.05, 0.1) is 5.56 Å². The van der Waals surface area contributed by atoms with E-state index in [4.69, 9.17) is 5.11 Å². The zero-order valence-corrected chi connectivity index (χ0v) is 12.0. The summed E-state index contributed by atoms with van der Waals surface area (Å²) >= 11 is 1.44. The van der Waals surface area contributed by atoms with Crippen LogP contribution in [0.1, 0.15) is 16.8 Å². The average Bonchev–Trinajstić information content (AvgIpc) is 2.42. The lowest BCUT2D eigenvalue weighted by molar-refractivity contribution is -0.139. The molecule has 0 fully saturated rings. The van der Waals surface area contributed by atoms with Crippen LogP contribution in [0, 0.1) is 0 Å². The van der Waals surface area contributed by atoms with Gasteiger partial charge in [0, 0.05) is 0 Å². The van der Waals surface area contributed by atoms with Crippen molar-refractivity contribution in [3.63, 3.8) is 0 Å². The number of halogens is 2. The molecule has 0 radical (unpaired) electrons. The van der Waals surface area contributed by atoms with Gasteiger partial charge in [-0.15, -0.1) is 0 Å². The molecule has 0 heterocycles. The molecule has 8 heteroatoms. The lowest BCUT2D eigenvalue weighted by atomic mass is 10.1. The fourth-order valence-corrected chi connectivity index (χ4v) is 2.05. The second-order valence-electron chi connectivity index (χ2n) is 4.02. The number of carbonyl (C=O) groups is 2. The highest BCUT2D eigenvalue weighted by Gasteiger charge is 2.22. The molecule has 1 aromatic rings. The van der Waals surface area contributed by atoms with Crippen LogP contribution in [-0.4, -0.2) is 41.6 Å². The van der Waals surface area contributed by atoms with Gasteiger partial charge in [0.1, 0.15) is 11.8 Å². The molecular formula is C13H15F2NO4S. The summed E-state index contributed by atoms with van der Waals surface area (Å²) < 4.78 is 28.8. The van der Waals surface area contributed by atoms with Crippen molar-refractivity contribution in [1.82, 2.24) is 5.32 Å². The van der Waals surface area contributed by atoms with E-state index in [1.807, 2.05) is 6.26 Å². The fraction of sp³-hybridized carbons (Fsp3) is 0.385. The number of thioether (sulfide) groups is 1. The largest absolute Gasteiger partial charge is 0.480 e. The van der Waals surface area contributed by atoms with Crippen LogP contribution in [-0.2, 0) is 4.79 Å². The predicted octanol–water partition coefficient (Wildman–Crippen LogP) is 2.22. The average molecular weight is 319 g/mol. The highest BCUT2D eigenvalue weighted by atomic mass is 32.2. The first-order valence-corrected chi connectivity index (χ1v) is 7.41. The number of para-hydroxylation sites is 1. The number of carboxylic acid groups (broad SMARTS) is 1. The first kappa shape index (κ1) is 17.2. The number of ether oxygens (including phenoxy) is 1. The molecule has 5 nitrogen and oxygen atoms in total. The first-order chi connectivity index (χ1) is 9.95. The molecule has 0 aliphatic heterocycles. The van der Waals surface area contributed by atoms with Gasteiger partial charge in [0.25, 0.3) is 5.91 Å². The summed E-state index contributed by atoms with van der Waals surface area (Å²) in [6.45, 7) is -3.06. The molecule has 21 heavy (non-hydrogen) atoms. The van der Waals surface area contributed by atoms with Crippen LogP contribution in [0.2, 0.25) is 0 Å². The number of alkyl halides is 2. The SMILES string of the molecule is CSCC[C@@H](NC(=O)c1ccccc1OC(F)F)C(=O)O. The third-order valence-electron chi connectivity index (χ3n) is 2.56. The van der Waals surface area contributed by atoms with Gasteiger partial charge < -0.3 is 15.2 Å². The number of aliphatic carboxylic acids is 1. The minimum Gasteiger partial charge on any atom is -0.480 e. The standard InChI is InChI=1S/C13H15F2NO4S/c1-21-7-6-9(12(18)19)16-11(17)8-4-2-3-5-10(8)20-13(14)15/h2-5,9,13H,6-7H2,1H3,(H,16,17)(H,18,19)/t9-/m1/s1. The van der Waals surface area contributed by atoms with Crippen LogP contribution in [0.25, 0.3) is 0 Å². The van der Waals surface area contributed by atoms with Gasteiger partial charge in [-0.25, -0.2) is 4.79 Å². The minimum atomic E-state index is -3.06. The van der Waals surface area contributed by atoms with Gasteiger partial charge >= 0.3 is 12.6 Å². The van der Waals surface area contributed by atoms with Crippen LogP contribution in [0.3, 0.4) is 0 Å². The molecule has 0 unspecified atom stereocenters. The summed E-state index contributed by atoms with van der Waals surface area (Å²) in [6, 6.07) is 4.35. The van der Waals surface area contributed by atoms with Gasteiger partial charge in [-0.2, -0.15) is 20.5 Å². The highest BCUT2D eigenvalue weighted by Crippen LogP contribution is 2.20. The number of carboxylic acids is 1. The molecule has 0 aliphatic rings. The van der Waals surface area contributed by atoms with Crippen molar-refractivity contribution in [3.05, 3.63) is 29.8 Å². The van der Waals surface area contributed by atoms with Crippen molar-refractivity contribution in [2.24, 2.45) is 0 Å². The first-order valence-electron chi connectivity index (χ1n) is 6.02. The Kier molecular flexibility index (Phi) is 6.93. The maximum atomic E-state index is 12.3. The summed E-state index contributed by atoms with van der Waals surface area (Å²) in [5.74, 6) is -1.68. The fourth-order valence-electron chi connectivity index (χ4n) is 1.58. The van der Waals surface area contributed by atoms with E-state index in [1.54, 1.807) is 0 Å². The summed E-state index contributed by atoms with van der Waals surface area (Å²) in [4.78, 5) is 23.1. The number of amides is 1. The van der Waals surface area contributed by atoms with Crippen LogP contribution in [0.4, 0.5) is 8.78 Å². The number of rotatable bonds is 8. The molecular weight excluding hydrogens is 304 g/mol. The van der Waals surface area contributed by atoms with E-state index in [-0.39, 0.29) is 17.7 Å². The Morgan fingerprint density at radius 1 is 1.38 bits per heavy atom. The maximum absolute atomic E-state index is 12.3. The Hall–Kier alpha value is -1.83. The summed E-state index contributed by atoms with van der Waals surface area (Å²) in [5, 5.41) is 11.3. The molecule has 1 aromatic carbocycles. The normalized spacial score (nSPS) is 12.0. The van der Waals surface area contributed by atoms with Gasteiger partial charge in [-0.3, -0.25) is 4.79 Å². The molecule has 0 bridgehead atoms. The Morgan fingerprint density at radius 3 is 2.62 bits per heavy atom. The number of hydrogen-bond acceptors (Lipinski definition) is 4. The molecule has 2 N–H and O–H groups in total. The van der Waals surface area contributed by atoms with Crippen molar-refractivity contribution in [3.8, 4) is 5.75 Å². The van der Waals surface area contributed by atoms with Crippen LogP contribution >= 0.6 is 11.8 Å². The summed E-state index contributed by atoms with van der Waals surface area (Å²) in [5.41, 5.74) is -0.131. The lowest BCUT2D eigenvalue weighted by Crippen LogP contribution is -2.41. The lowest BCUT2D eigenvalue weighted by Gasteiger charge is -2.15. The number of benzene rings is 1. The van der Waals surface area contributed by atoms with Crippen molar-refractivity contribution in [2.45, 2.75) is 19.1 Å². The number of hydrogen-bond donors (Lipinski definition) is 2.